The molecule has 0 radical (unpaired) electrons. The van der Waals surface area contributed by atoms with Gasteiger partial charge in [-0.3, -0.25) is 4.79 Å². The summed E-state index contributed by atoms with van der Waals surface area (Å²) < 4.78 is 5.58. The predicted octanol–water partition coefficient (Wildman–Crippen LogP) is 5.91. The molecule has 25 heavy (non-hydrogen) atoms. The molecule has 4 aliphatic carbocycles. The van der Waals surface area contributed by atoms with Crippen LogP contribution in [-0.2, 0) is 9.53 Å². The van der Waals surface area contributed by atoms with E-state index in [9.17, 15) is 4.79 Å². The highest BCUT2D eigenvalue weighted by Gasteiger charge is 2.57. The highest BCUT2D eigenvalue weighted by Crippen LogP contribution is 2.66. The van der Waals surface area contributed by atoms with Gasteiger partial charge in [-0.15, -0.1) is 0 Å². The lowest BCUT2D eigenvalue weighted by Crippen LogP contribution is -2.52. The van der Waals surface area contributed by atoms with E-state index in [1.54, 1.807) is 6.92 Å². The molecule has 0 saturated heterocycles. The van der Waals surface area contributed by atoms with E-state index in [1.165, 1.54) is 44.9 Å². The van der Waals surface area contributed by atoms with Crippen LogP contribution in [0, 0.1) is 34.5 Å². The molecule has 3 saturated carbocycles. The first-order valence-corrected chi connectivity index (χ1v) is 10.8. The number of fused-ring (bicyclic) bond motifs is 5. The quantitative estimate of drug-likeness (QED) is 0.460. The van der Waals surface area contributed by atoms with Crippen LogP contribution in [0.3, 0.4) is 0 Å². The van der Waals surface area contributed by atoms with Crippen molar-refractivity contribution in [1.29, 1.82) is 0 Å². The van der Waals surface area contributed by atoms with Crippen LogP contribution in [0.4, 0.5) is 0 Å². The maximum Gasteiger partial charge on any atom is 0.302 e. The fraction of sp³-hybridized carbons (Fsp3) is 0.870. The van der Waals surface area contributed by atoms with Gasteiger partial charge in [0.1, 0.15) is 6.10 Å². The topological polar surface area (TPSA) is 26.3 Å². The minimum Gasteiger partial charge on any atom is -0.463 e. The van der Waals surface area contributed by atoms with E-state index in [1.807, 2.05) is 5.57 Å². The van der Waals surface area contributed by atoms with Crippen molar-refractivity contribution in [3.8, 4) is 0 Å². The second-order valence-corrected chi connectivity index (χ2v) is 9.96. The highest BCUT2D eigenvalue weighted by atomic mass is 16.5. The largest absolute Gasteiger partial charge is 0.463 e. The van der Waals surface area contributed by atoms with Crippen LogP contribution in [0.5, 0.6) is 0 Å². The summed E-state index contributed by atoms with van der Waals surface area (Å²) in [6, 6.07) is 0. The van der Waals surface area contributed by atoms with E-state index in [0.717, 1.165) is 36.5 Å². The third-order valence-corrected chi connectivity index (χ3v) is 9.03. The molecule has 0 spiro atoms. The molecular formula is C23H36O2. The standard InChI is InChI=1S/C23H36O2/c1-5-16-7-9-20-19-8-6-17-14-18(25-15(2)24)10-12-23(17,4)21(19)11-13-22(16,20)3/h9,16-19,21H,5-8,10-14H2,1-4H3/t16-,17?,18?,19-,21-,22+,23-/m0/s1. The molecule has 2 nitrogen and oxygen atoms in total. The molecule has 0 aromatic heterocycles. The van der Waals surface area contributed by atoms with Crippen LogP contribution in [0.15, 0.2) is 11.6 Å². The van der Waals surface area contributed by atoms with Crippen LogP contribution >= 0.6 is 0 Å². The summed E-state index contributed by atoms with van der Waals surface area (Å²) in [4.78, 5) is 11.4. The average molecular weight is 345 g/mol. The monoisotopic (exact) mass is 344 g/mol. The molecule has 7 atom stereocenters. The van der Waals surface area contributed by atoms with Gasteiger partial charge in [0, 0.05) is 6.92 Å². The minimum atomic E-state index is -0.0996. The Bertz CT molecular complexity index is 579. The van der Waals surface area contributed by atoms with E-state index in [2.05, 4.69) is 26.8 Å². The van der Waals surface area contributed by atoms with Gasteiger partial charge in [0.2, 0.25) is 0 Å². The molecule has 3 fully saturated rings. The summed E-state index contributed by atoms with van der Waals surface area (Å²) in [7, 11) is 0. The zero-order valence-corrected chi connectivity index (χ0v) is 16.6. The van der Waals surface area contributed by atoms with Gasteiger partial charge in [-0.2, -0.15) is 0 Å². The lowest BCUT2D eigenvalue weighted by Gasteiger charge is -2.59. The molecule has 0 bridgehead atoms. The molecule has 2 heteroatoms. The van der Waals surface area contributed by atoms with Gasteiger partial charge in [-0.1, -0.05) is 38.8 Å². The van der Waals surface area contributed by atoms with Crippen molar-refractivity contribution in [1.82, 2.24) is 0 Å². The molecule has 0 aromatic carbocycles. The molecule has 2 unspecified atom stereocenters. The number of rotatable bonds is 2. The molecule has 0 aromatic rings. The summed E-state index contributed by atoms with van der Waals surface area (Å²) >= 11 is 0. The summed E-state index contributed by atoms with van der Waals surface area (Å²) in [5, 5.41) is 0. The van der Waals surface area contributed by atoms with Crippen LogP contribution in [0.25, 0.3) is 0 Å². The SMILES string of the molecule is CC[C@H]1CC=C2[C@@H]3CCC4CC(OC(C)=O)CC[C@]4(C)[C@H]3CC[C@@]21C. The van der Waals surface area contributed by atoms with Gasteiger partial charge < -0.3 is 4.74 Å². The minimum absolute atomic E-state index is 0.0996. The smallest absolute Gasteiger partial charge is 0.302 e. The van der Waals surface area contributed by atoms with Crippen LogP contribution < -0.4 is 0 Å². The van der Waals surface area contributed by atoms with E-state index in [4.69, 9.17) is 4.74 Å². The lowest BCUT2D eigenvalue weighted by molar-refractivity contribution is -0.155. The van der Waals surface area contributed by atoms with Gasteiger partial charge in [-0.25, -0.2) is 0 Å². The van der Waals surface area contributed by atoms with Crippen LogP contribution in [0.2, 0.25) is 0 Å². The normalized spacial score (nSPS) is 48.8. The first-order chi connectivity index (χ1) is 11.9. The Kier molecular flexibility index (Phi) is 4.32. The Morgan fingerprint density at radius 1 is 1.20 bits per heavy atom. The maximum absolute atomic E-state index is 11.4. The van der Waals surface area contributed by atoms with Gasteiger partial charge in [-0.05, 0) is 85.9 Å². The van der Waals surface area contributed by atoms with Gasteiger partial charge in [0.25, 0.3) is 0 Å². The first kappa shape index (κ1) is 17.6. The van der Waals surface area contributed by atoms with Crippen molar-refractivity contribution in [3.63, 3.8) is 0 Å². The number of ether oxygens (including phenoxy) is 1. The van der Waals surface area contributed by atoms with E-state index < -0.39 is 0 Å². The zero-order valence-electron chi connectivity index (χ0n) is 16.6. The van der Waals surface area contributed by atoms with Gasteiger partial charge in [0.05, 0.1) is 0 Å². The number of hydrogen-bond acceptors (Lipinski definition) is 2. The van der Waals surface area contributed by atoms with Crippen molar-refractivity contribution in [2.24, 2.45) is 34.5 Å². The van der Waals surface area contributed by atoms with Gasteiger partial charge in [0.15, 0.2) is 0 Å². The highest BCUT2D eigenvalue weighted by molar-refractivity contribution is 5.66. The van der Waals surface area contributed by atoms with Crippen molar-refractivity contribution in [3.05, 3.63) is 11.6 Å². The molecule has 0 amide bonds. The van der Waals surface area contributed by atoms with Crippen LogP contribution in [-0.4, -0.2) is 12.1 Å². The van der Waals surface area contributed by atoms with Crippen molar-refractivity contribution >= 4 is 5.97 Å². The summed E-state index contributed by atoms with van der Waals surface area (Å²) in [6.07, 6.45) is 14.4. The molecule has 4 aliphatic rings. The molecule has 0 heterocycles. The Balaban J connectivity index is 1.55. The lowest BCUT2D eigenvalue weighted by atomic mass is 9.46. The fourth-order valence-electron chi connectivity index (χ4n) is 7.60. The van der Waals surface area contributed by atoms with Crippen LogP contribution in [0.1, 0.15) is 85.5 Å². The predicted molar refractivity (Wildman–Crippen MR) is 101 cm³/mol. The third kappa shape index (κ3) is 2.61. The van der Waals surface area contributed by atoms with Gasteiger partial charge >= 0.3 is 5.97 Å². The number of allylic oxidation sites excluding steroid dienone is 2. The molecule has 0 N–H and O–H groups in total. The van der Waals surface area contributed by atoms with Crippen molar-refractivity contribution < 1.29 is 9.53 Å². The number of carbonyl (C=O) groups is 1. The Morgan fingerprint density at radius 2 is 2.00 bits per heavy atom. The fourth-order valence-corrected chi connectivity index (χ4v) is 7.60. The summed E-state index contributed by atoms with van der Waals surface area (Å²) in [6.45, 7) is 9.09. The van der Waals surface area contributed by atoms with E-state index in [-0.39, 0.29) is 12.1 Å². The van der Waals surface area contributed by atoms with Crippen molar-refractivity contribution in [2.45, 2.75) is 91.6 Å². The molecule has 0 aliphatic heterocycles. The zero-order chi connectivity index (χ0) is 17.8. The second-order valence-electron chi connectivity index (χ2n) is 9.96. The van der Waals surface area contributed by atoms with E-state index >= 15 is 0 Å². The molecular weight excluding hydrogens is 308 g/mol. The van der Waals surface area contributed by atoms with Crippen molar-refractivity contribution in [2.75, 3.05) is 0 Å². The Hall–Kier alpha value is -0.790. The maximum atomic E-state index is 11.4. The average Bonchev–Trinajstić information content (AvgIpc) is 2.91. The molecule has 4 rings (SSSR count). The third-order valence-electron chi connectivity index (χ3n) is 9.03. The van der Waals surface area contributed by atoms with E-state index in [0.29, 0.717) is 10.8 Å². The summed E-state index contributed by atoms with van der Waals surface area (Å²) in [5.74, 6) is 3.23. The second kappa shape index (κ2) is 6.13. The Labute approximate surface area is 153 Å². The summed E-state index contributed by atoms with van der Waals surface area (Å²) in [5.41, 5.74) is 2.80. The Morgan fingerprint density at radius 3 is 2.72 bits per heavy atom. The number of carbonyl (C=O) groups excluding carboxylic acids is 1. The molecule has 140 valence electrons. The number of hydrogen-bond donors (Lipinski definition) is 0. The first-order valence-electron chi connectivity index (χ1n) is 10.8. The number of esters is 1.